The minimum Gasteiger partial charge on any atom is -0.466 e. The van der Waals surface area contributed by atoms with Crippen LogP contribution in [-0.2, 0) is 9.53 Å². The molecule has 0 amide bonds. The van der Waals surface area contributed by atoms with Crippen LogP contribution in [0.4, 0.5) is 0 Å². The van der Waals surface area contributed by atoms with Gasteiger partial charge in [-0.25, -0.2) is 0 Å². The average molecular weight is 198 g/mol. The van der Waals surface area contributed by atoms with Gasteiger partial charge in [-0.1, -0.05) is 26.0 Å². The highest BCUT2D eigenvalue weighted by molar-refractivity contribution is 5.65. The zero-order chi connectivity index (χ0) is 11.0. The van der Waals surface area contributed by atoms with Crippen molar-refractivity contribution in [1.82, 2.24) is 0 Å². The first kappa shape index (κ1) is 13.2. The largest absolute Gasteiger partial charge is 0.466 e. The predicted molar refractivity (Wildman–Crippen MR) is 59.1 cm³/mol. The van der Waals surface area contributed by atoms with E-state index in [9.17, 15) is 4.79 Å². The van der Waals surface area contributed by atoms with E-state index in [1.165, 1.54) is 6.92 Å². The Hall–Kier alpha value is -0.790. The zero-order valence-electron chi connectivity index (χ0n) is 9.80. The standard InChI is InChI=1S/C12H22O2/c1-5-6-7-8-12(3,4)9-10-14-11(2)13/h5-6H,7-10H2,1-4H3/b6-5+. The van der Waals surface area contributed by atoms with Gasteiger partial charge in [-0.2, -0.15) is 0 Å². The molecule has 0 heterocycles. The molecule has 0 aliphatic rings. The average Bonchev–Trinajstić information content (AvgIpc) is 2.03. The van der Waals surface area contributed by atoms with E-state index in [2.05, 4.69) is 26.0 Å². The molecule has 0 atom stereocenters. The molecule has 0 aromatic heterocycles. The van der Waals surface area contributed by atoms with E-state index in [0.29, 0.717) is 6.61 Å². The van der Waals surface area contributed by atoms with E-state index in [1.54, 1.807) is 0 Å². The van der Waals surface area contributed by atoms with Gasteiger partial charge in [0.1, 0.15) is 0 Å². The molecule has 0 bridgehead atoms. The predicted octanol–water partition coefficient (Wildman–Crippen LogP) is 3.32. The first-order valence-electron chi connectivity index (χ1n) is 5.22. The lowest BCUT2D eigenvalue weighted by atomic mass is 9.85. The maximum absolute atomic E-state index is 10.6. The Morgan fingerprint density at radius 1 is 1.36 bits per heavy atom. The quantitative estimate of drug-likeness (QED) is 0.483. The fourth-order valence-corrected chi connectivity index (χ4v) is 1.24. The number of carbonyl (C=O) groups is 1. The van der Waals surface area contributed by atoms with Crippen LogP contribution in [0.1, 0.15) is 47.0 Å². The van der Waals surface area contributed by atoms with E-state index in [0.717, 1.165) is 19.3 Å². The molecule has 0 aromatic carbocycles. The monoisotopic (exact) mass is 198 g/mol. The molecule has 0 aliphatic heterocycles. The fraction of sp³-hybridized carbons (Fsp3) is 0.750. The highest BCUT2D eigenvalue weighted by Crippen LogP contribution is 2.26. The van der Waals surface area contributed by atoms with Crippen LogP contribution >= 0.6 is 0 Å². The van der Waals surface area contributed by atoms with Gasteiger partial charge >= 0.3 is 5.97 Å². The van der Waals surface area contributed by atoms with Crippen molar-refractivity contribution in [3.05, 3.63) is 12.2 Å². The molecular weight excluding hydrogens is 176 g/mol. The van der Waals surface area contributed by atoms with E-state index < -0.39 is 0 Å². The third-order valence-corrected chi connectivity index (χ3v) is 2.31. The molecule has 0 rings (SSSR count). The van der Waals surface area contributed by atoms with Gasteiger partial charge in [0, 0.05) is 6.92 Å². The second kappa shape index (κ2) is 6.63. The van der Waals surface area contributed by atoms with Crippen LogP contribution in [0, 0.1) is 5.41 Å². The molecule has 14 heavy (non-hydrogen) atoms. The van der Waals surface area contributed by atoms with Gasteiger partial charge in [-0.3, -0.25) is 4.79 Å². The summed E-state index contributed by atoms with van der Waals surface area (Å²) in [5, 5.41) is 0. The Balaban J connectivity index is 3.65. The molecule has 0 saturated heterocycles. The normalized spacial score (nSPS) is 12.0. The molecule has 0 spiro atoms. The summed E-state index contributed by atoms with van der Waals surface area (Å²) in [7, 11) is 0. The molecule has 0 saturated carbocycles. The van der Waals surface area contributed by atoms with Crippen molar-refractivity contribution < 1.29 is 9.53 Å². The Morgan fingerprint density at radius 3 is 2.50 bits per heavy atom. The van der Waals surface area contributed by atoms with E-state index in [-0.39, 0.29) is 11.4 Å². The molecule has 0 N–H and O–H groups in total. The van der Waals surface area contributed by atoms with Gasteiger partial charge in [0.05, 0.1) is 6.61 Å². The second-order valence-corrected chi connectivity index (χ2v) is 4.36. The van der Waals surface area contributed by atoms with Crippen molar-refractivity contribution in [1.29, 1.82) is 0 Å². The molecule has 0 aromatic rings. The summed E-state index contributed by atoms with van der Waals surface area (Å²) in [6.45, 7) is 8.44. The molecule has 2 heteroatoms. The van der Waals surface area contributed by atoms with Crippen LogP contribution in [0.5, 0.6) is 0 Å². The lowest BCUT2D eigenvalue weighted by molar-refractivity contribution is -0.141. The summed E-state index contributed by atoms with van der Waals surface area (Å²) < 4.78 is 4.93. The summed E-state index contributed by atoms with van der Waals surface area (Å²) in [4.78, 5) is 10.6. The van der Waals surface area contributed by atoms with Crippen molar-refractivity contribution in [2.24, 2.45) is 5.41 Å². The third-order valence-electron chi connectivity index (χ3n) is 2.31. The number of hydrogen-bond acceptors (Lipinski definition) is 2. The number of carbonyl (C=O) groups excluding carboxylic acids is 1. The first-order valence-corrected chi connectivity index (χ1v) is 5.22. The molecule has 82 valence electrons. The maximum Gasteiger partial charge on any atom is 0.302 e. The van der Waals surface area contributed by atoms with Crippen LogP contribution in [-0.4, -0.2) is 12.6 Å². The Labute approximate surface area is 87.3 Å². The van der Waals surface area contributed by atoms with Crippen molar-refractivity contribution >= 4 is 5.97 Å². The lowest BCUT2D eigenvalue weighted by Gasteiger charge is -2.23. The first-order chi connectivity index (χ1) is 6.48. The Morgan fingerprint density at radius 2 is 2.00 bits per heavy atom. The van der Waals surface area contributed by atoms with Crippen molar-refractivity contribution in [2.75, 3.05) is 6.61 Å². The summed E-state index contributed by atoms with van der Waals surface area (Å²) in [6.07, 6.45) is 7.42. The third kappa shape index (κ3) is 7.84. The van der Waals surface area contributed by atoms with Gasteiger partial charge in [0.15, 0.2) is 0 Å². The second-order valence-electron chi connectivity index (χ2n) is 4.36. The van der Waals surface area contributed by atoms with E-state index >= 15 is 0 Å². The zero-order valence-corrected chi connectivity index (χ0v) is 9.80. The van der Waals surface area contributed by atoms with Crippen molar-refractivity contribution in [3.63, 3.8) is 0 Å². The molecule has 0 unspecified atom stereocenters. The number of allylic oxidation sites excluding steroid dienone is 2. The molecule has 2 nitrogen and oxygen atoms in total. The summed E-state index contributed by atoms with van der Waals surface area (Å²) in [5.41, 5.74) is 0.259. The molecule has 0 aliphatic carbocycles. The summed E-state index contributed by atoms with van der Waals surface area (Å²) in [5.74, 6) is -0.186. The molecule has 0 fully saturated rings. The number of rotatable bonds is 6. The minimum absolute atomic E-state index is 0.186. The van der Waals surface area contributed by atoms with Gasteiger partial charge in [0.25, 0.3) is 0 Å². The van der Waals surface area contributed by atoms with E-state index in [4.69, 9.17) is 4.74 Å². The SMILES string of the molecule is C/C=C/CCC(C)(C)CCOC(C)=O. The highest BCUT2D eigenvalue weighted by atomic mass is 16.5. The maximum atomic E-state index is 10.6. The van der Waals surface area contributed by atoms with Crippen LogP contribution in [0.15, 0.2) is 12.2 Å². The number of esters is 1. The van der Waals surface area contributed by atoms with Crippen LogP contribution < -0.4 is 0 Å². The molecular formula is C12H22O2. The van der Waals surface area contributed by atoms with Gasteiger partial charge in [0.2, 0.25) is 0 Å². The Bertz CT molecular complexity index is 192. The van der Waals surface area contributed by atoms with Crippen LogP contribution in [0.2, 0.25) is 0 Å². The molecule has 0 radical (unpaired) electrons. The van der Waals surface area contributed by atoms with Crippen LogP contribution in [0.25, 0.3) is 0 Å². The summed E-state index contributed by atoms with van der Waals surface area (Å²) in [6, 6.07) is 0. The summed E-state index contributed by atoms with van der Waals surface area (Å²) >= 11 is 0. The topological polar surface area (TPSA) is 26.3 Å². The van der Waals surface area contributed by atoms with Crippen molar-refractivity contribution in [2.45, 2.75) is 47.0 Å². The smallest absolute Gasteiger partial charge is 0.302 e. The Kier molecular flexibility index (Phi) is 6.26. The number of hydrogen-bond donors (Lipinski definition) is 0. The fourth-order valence-electron chi connectivity index (χ4n) is 1.24. The minimum atomic E-state index is -0.186. The van der Waals surface area contributed by atoms with Gasteiger partial charge in [-0.05, 0) is 31.6 Å². The van der Waals surface area contributed by atoms with E-state index in [1.807, 2.05) is 6.92 Å². The number of ether oxygens (including phenoxy) is 1. The highest BCUT2D eigenvalue weighted by Gasteiger charge is 2.16. The lowest BCUT2D eigenvalue weighted by Crippen LogP contribution is -2.15. The van der Waals surface area contributed by atoms with Gasteiger partial charge < -0.3 is 4.74 Å². The van der Waals surface area contributed by atoms with Crippen molar-refractivity contribution in [3.8, 4) is 0 Å². The van der Waals surface area contributed by atoms with Crippen LogP contribution in [0.3, 0.4) is 0 Å². The van der Waals surface area contributed by atoms with Gasteiger partial charge in [-0.15, -0.1) is 0 Å².